The number of aromatic nitrogens is 3. The lowest BCUT2D eigenvalue weighted by atomic mass is 10.1. The summed E-state index contributed by atoms with van der Waals surface area (Å²) < 4.78 is 0. The zero-order chi connectivity index (χ0) is 17.1. The second kappa shape index (κ2) is 6.94. The van der Waals surface area contributed by atoms with E-state index in [1.54, 1.807) is 12.1 Å². The van der Waals surface area contributed by atoms with Gasteiger partial charge in [-0.15, -0.1) is 10.2 Å². The highest BCUT2D eigenvalue weighted by molar-refractivity contribution is 7.17. The highest BCUT2D eigenvalue weighted by Crippen LogP contribution is 2.24. The van der Waals surface area contributed by atoms with Crippen LogP contribution >= 0.6 is 22.9 Å². The number of para-hydroxylation sites is 1. The van der Waals surface area contributed by atoms with Crippen LogP contribution in [0, 0.1) is 13.8 Å². The van der Waals surface area contributed by atoms with Crippen LogP contribution in [0.2, 0.25) is 5.15 Å². The van der Waals surface area contributed by atoms with E-state index in [0.29, 0.717) is 21.0 Å². The van der Waals surface area contributed by atoms with E-state index in [2.05, 4.69) is 25.8 Å². The van der Waals surface area contributed by atoms with E-state index in [0.717, 1.165) is 16.8 Å². The first-order valence-electron chi connectivity index (χ1n) is 7.12. The molecule has 0 aliphatic heterocycles. The van der Waals surface area contributed by atoms with Crippen molar-refractivity contribution in [1.82, 2.24) is 15.2 Å². The van der Waals surface area contributed by atoms with Crippen molar-refractivity contribution >= 4 is 45.5 Å². The van der Waals surface area contributed by atoms with Gasteiger partial charge in [0.25, 0.3) is 5.91 Å². The van der Waals surface area contributed by atoms with Gasteiger partial charge in [0, 0.05) is 5.69 Å². The van der Waals surface area contributed by atoms with Gasteiger partial charge in [0.05, 0.1) is 6.20 Å². The van der Waals surface area contributed by atoms with E-state index < -0.39 is 0 Å². The molecular weight excluding hydrogens is 346 g/mol. The molecule has 8 heteroatoms. The molecular formula is C16H14ClN5OS. The number of nitrogens with zero attached hydrogens (tertiary/aromatic N) is 3. The van der Waals surface area contributed by atoms with Crippen molar-refractivity contribution in [3.63, 3.8) is 0 Å². The molecule has 0 bridgehead atoms. The van der Waals surface area contributed by atoms with Gasteiger partial charge in [-0.2, -0.15) is 0 Å². The third-order valence-corrected chi connectivity index (χ3v) is 4.43. The molecule has 3 rings (SSSR count). The Morgan fingerprint density at radius 3 is 2.54 bits per heavy atom. The van der Waals surface area contributed by atoms with E-state index in [1.807, 2.05) is 32.0 Å². The molecule has 2 aromatic heterocycles. The Balaban J connectivity index is 1.73. The molecule has 24 heavy (non-hydrogen) atoms. The lowest BCUT2D eigenvalue weighted by Gasteiger charge is -2.10. The van der Waals surface area contributed by atoms with E-state index >= 15 is 0 Å². The number of rotatable bonds is 4. The monoisotopic (exact) mass is 359 g/mol. The fourth-order valence-electron chi connectivity index (χ4n) is 2.12. The molecule has 1 amide bonds. The third-order valence-electron chi connectivity index (χ3n) is 3.32. The summed E-state index contributed by atoms with van der Waals surface area (Å²) in [6.07, 6.45) is 1.53. The smallest absolute Gasteiger partial charge is 0.267 e. The quantitative estimate of drug-likeness (QED) is 0.729. The first kappa shape index (κ1) is 16.4. The van der Waals surface area contributed by atoms with Crippen molar-refractivity contribution in [1.29, 1.82) is 0 Å². The largest absolute Gasteiger partial charge is 0.321 e. The first-order valence-corrected chi connectivity index (χ1v) is 8.32. The predicted molar refractivity (Wildman–Crippen MR) is 96.3 cm³/mol. The van der Waals surface area contributed by atoms with Gasteiger partial charge in [-0.25, -0.2) is 4.98 Å². The Bertz CT molecular complexity index is 858. The van der Waals surface area contributed by atoms with Gasteiger partial charge in [-0.05, 0) is 37.1 Å². The minimum absolute atomic E-state index is 0.194. The van der Waals surface area contributed by atoms with Crippen LogP contribution in [0.4, 0.5) is 16.6 Å². The van der Waals surface area contributed by atoms with Crippen molar-refractivity contribution in [3.8, 4) is 0 Å². The Morgan fingerprint density at radius 2 is 1.88 bits per heavy atom. The van der Waals surface area contributed by atoms with Crippen LogP contribution in [0.15, 0.2) is 36.5 Å². The van der Waals surface area contributed by atoms with Crippen LogP contribution in [0.3, 0.4) is 0 Å². The average Bonchev–Trinajstić information content (AvgIpc) is 3.02. The second-order valence-corrected chi connectivity index (χ2v) is 6.53. The van der Waals surface area contributed by atoms with Crippen molar-refractivity contribution in [3.05, 3.63) is 57.7 Å². The number of halogens is 1. The SMILES string of the molecule is Cc1cccc(C)c1NC(=O)c1cnc(Nc2ccc(Cl)nn2)s1. The normalized spacial score (nSPS) is 10.5. The summed E-state index contributed by atoms with van der Waals surface area (Å²) in [5, 5.41) is 14.4. The fraction of sp³-hybridized carbons (Fsp3) is 0.125. The number of amides is 1. The van der Waals surface area contributed by atoms with Crippen LogP contribution in [0.25, 0.3) is 0 Å². The van der Waals surface area contributed by atoms with Gasteiger partial charge in [0.2, 0.25) is 0 Å². The van der Waals surface area contributed by atoms with Gasteiger partial charge < -0.3 is 10.6 Å². The van der Waals surface area contributed by atoms with Crippen molar-refractivity contribution in [2.24, 2.45) is 0 Å². The molecule has 0 radical (unpaired) electrons. The van der Waals surface area contributed by atoms with Gasteiger partial charge in [0.15, 0.2) is 16.1 Å². The Morgan fingerprint density at radius 1 is 1.12 bits per heavy atom. The highest BCUT2D eigenvalue weighted by Gasteiger charge is 2.13. The molecule has 0 atom stereocenters. The molecule has 2 N–H and O–H groups in total. The topological polar surface area (TPSA) is 79.8 Å². The van der Waals surface area contributed by atoms with Crippen molar-refractivity contribution in [2.75, 3.05) is 10.6 Å². The summed E-state index contributed by atoms with van der Waals surface area (Å²) in [5.41, 5.74) is 2.86. The van der Waals surface area contributed by atoms with E-state index in [-0.39, 0.29) is 5.91 Å². The summed E-state index contributed by atoms with van der Waals surface area (Å²) in [6.45, 7) is 3.92. The maximum Gasteiger partial charge on any atom is 0.267 e. The molecule has 0 spiro atoms. The molecule has 1 aromatic carbocycles. The number of thiazole rings is 1. The summed E-state index contributed by atoms with van der Waals surface area (Å²) in [7, 11) is 0. The van der Waals surface area contributed by atoms with E-state index in [1.165, 1.54) is 17.5 Å². The molecule has 122 valence electrons. The Labute approximate surface area is 147 Å². The fourth-order valence-corrected chi connectivity index (χ4v) is 2.94. The van der Waals surface area contributed by atoms with Crippen molar-refractivity contribution < 1.29 is 4.79 Å². The number of carbonyl (C=O) groups excluding carboxylic acids is 1. The van der Waals surface area contributed by atoms with Crippen LogP contribution in [-0.4, -0.2) is 21.1 Å². The second-order valence-electron chi connectivity index (χ2n) is 5.12. The predicted octanol–water partition coefficient (Wildman–Crippen LogP) is 4.20. The molecule has 3 aromatic rings. The zero-order valence-corrected chi connectivity index (χ0v) is 14.6. The standard InChI is InChI=1S/C16H14ClN5OS/c1-9-4-3-5-10(2)14(9)20-15(23)11-8-18-16(24-11)19-13-7-6-12(17)21-22-13/h3-8H,1-2H3,(H,20,23)(H,18,19,22). The minimum Gasteiger partial charge on any atom is -0.321 e. The van der Waals surface area contributed by atoms with Gasteiger partial charge >= 0.3 is 0 Å². The average molecular weight is 360 g/mol. The lowest BCUT2D eigenvalue weighted by molar-refractivity contribution is 0.103. The number of aryl methyl sites for hydroxylation is 2. The minimum atomic E-state index is -0.194. The summed E-state index contributed by atoms with van der Waals surface area (Å²) in [4.78, 5) is 17.1. The number of hydrogen-bond acceptors (Lipinski definition) is 6. The van der Waals surface area contributed by atoms with Gasteiger partial charge in [-0.3, -0.25) is 4.79 Å². The van der Waals surface area contributed by atoms with Gasteiger partial charge in [0.1, 0.15) is 4.88 Å². The number of nitrogens with one attached hydrogen (secondary N) is 2. The molecule has 2 heterocycles. The molecule has 0 aliphatic rings. The molecule has 6 nitrogen and oxygen atoms in total. The van der Waals surface area contributed by atoms with Gasteiger partial charge in [-0.1, -0.05) is 41.1 Å². The third kappa shape index (κ3) is 3.69. The zero-order valence-electron chi connectivity index (χ0n) is 13.0. The summed E-state index contributed by atoms with van der Waals surface area (Å²) in [6, 6.07) is 9.19. The lowest BCUT2D eigenvalue weighted by Crippen LogP contribution is -2.12. The van der Waals surface area contributed by atoms with Crippen LogP contribution in [0.5, 0.6) is 0 Å². The molecule has 0 aliphatic carbocycles. The summed E-state index contributed by atoms with van der Waals surface area (Å²) in [5.74, 6) is 0.315. The van der Waals surface area contributed by atoms with Crippen LogP contribution < -0.4 is 10.6 Å². The maximum absolute atomic E-state index is 12.4. The molecule has 0 saturated heterocycles. The van der Waals surface area contributed by atoms with Crippen LogP contribution in [0.1, 0.15) is 20.8 Å². The van der Waals surface area contributed by atoms with Crippen molar-refractivity contribution in [2.45, 2.75) is 13.8 Å². The molecule has 0 saturated carbocycles. The summed E-state index contributed by atoms with van der Waals surface area (Å²) >= 11 is 6.93. The van der Waals surface area contributed by atoms with Crippen LogP contribution in [-0.2, 0) is 0 Å². The highest BCUT2D eigenvalue weighted by atomic mass is 35.5. The molecule has 0 unspecified atom stereocenters. The number of hydrogen-bond donors (Lipinski definition) is 2. The Kier molecular flexibility index (Phi) is 4.73. The van der Waals surface area contributed by atoms with E-state index in [4.69, 9.17) is 11.6 Å². The first-order chi connectivity index (χ1) is 11.5. The number of benzene rings is 1. The van der Waals surface area contributed by atoms with E-state index in [9.17, 15) is 4.79 Å². The number of anilines is 3. The molecule has 0 fully saturated rings. The number of carbonyl (C=O) groups is 1. The Hall–Kier alpha value is -2.51. The maximum atomic E-state index is 12.4.